The van der Waals surface area contributed by atoms with Crippen LogP contribution in [0.1, 0.15) is 6.92 Å². The predicted molar refractivity (Wildman–Crippen MR) is 60.3 cm³/mol. The molecule has 2 N–H and O–H groups in total. The third-order valence-corrected chi connectivity index (χ3v) is 1.87. The average Bonchev–Trinajstić information content (AvgIpc) is 2.31. The Hall–Kier alpha value is -2.04. The maximum Gasteiger partial charge on any atom is 0.313 e. The Bertz CT molecular complexity index is 391. The van der Waals surface area contributed by atoms with Gasteiger partial charge in [0.25, 0.3) is 0 Å². The van der Waals surface area contributed by atoms with Crippen LogP contribution in [0.3, 0.4) is 0 Å². The number of benzene rings is 1. The standard InChI is InChI=1S/C11H14N2O3/c1-3-16-9-7-5-4-6-8(9)13-11(15)10(14)12-2/h4-7H,3H2,1-2H3,(H,12,14)(H,13,15). The minimum absolute atomic E-state index is 0.484. The van der Waals surface area contributed by atoms with Crippen molar-refractivity contribution in [2.24, 2.45) is 0 Å². The van der Waals surface area contributed by atoms with E-state index in [9.17, 15) is 9.59 Å². The lowest BCUT2D eigenvalue weighted by atomic mass is 10.3. The molecule has 1 rings (SSSR count). The van der Waals surface area contributed by atoms with Crippen molar-refractivity contribution in [1.82, 2.24) is 5.32 Å². The molecule has 5 nitrogen and oxygen atoms in total. The van der Waals surface area contributed by atoms with E-state index in [4.69, 9.17) is 4.74 Å². The van der Waals surface area contributed by atoms with Crippen LogP contribution in [0.4, 0.5) is 5.69 Å². The number of ether oxygens (including phenoxy) is 1. The predicted octanol–water partition coefficient (Wildman–Crippen LogP) is 0.770. The summed E-state index contributed by atoms with van der Waals surface area (Å²) in [6.07, 6.45) is 0. The van der Waals surface area contributed by atoms with Crippen LogP contribution in [0, 0.1) is 0 Å². The zero-order valence-electron chi connectivity index (χ0n) is 9.24. The lowest BCUT2D eigenvalue weighted by Crippen LogP contribution is -2.32. The molecule has 86 valence electrons. The highest BCUT2D eigenvalue weighted by molar-refractivity contribution is 6.39. The fourth-order valence-electron chi connectivity index (χ4n) is 1.14. The number of rotatable bonds is 3. The van der Waals surface area contributed by atoms with E-state index in [1.54, 1.807) is 24.3 Å². The number of amides is 2. The Labute approximate surface area is 93.8 Å². The number of nitrogens with one attached hydrogen (secondary N) is 2. The molecule has 0 saturated heterocycles. The zero-order chi connectivity index (χ0) is 12.0. The van der Waals surface area contributed by atoms with Gasteiger partial charge in [0.2, 0.25) is 0 Å². The topological polar surface area (TPSA) is 67.4 Å². The van der Waals surface area contributed by atoms with Crippen molar-refractivity contribution in [3.05, 3.63) is 24.3 Å². The second-order valence-electron chi connectivity index (χ2n) is 2.96. The summed E-state index contributed by atoms with van der Waals surface area (Å²) in [4.78, 5) is 22.3. The first-order chi connectivity index (χ1) is 7.69. The van der Waals surface area contributed by atoms with Crippen molar-refractivity contribution in [2.75, 3.05) is 19.0 Å². The van der Waals surface area contributed by atoms with Crippen molar-refractivity contribution in [1.29, 1.82) is 0 Å². The summed E-state index contributed by atoms with van der Waals surface area (Å²) in [5.41, 5.74) is 0.484. The Morgan fingerprint density at radius 3 is 2.56 bits per heavy atom. The summed E-state index contributed by atoms with van der Waals surface area (Å²) < 4.78 is 5.30. The van der Waals surface area contributed by atoms with Crippen molar-refractivity contribution >= 4 is 17.5 Å². The Morgan fingerprint density at radius 2 is 1.94 bits per heavy atom. The van der Waals surface area contributed by atoms with Crippen LogP contribution in [0.5, 0.6) is 5.75 Å². The molecule has 0 atom stereocenters. The third-order valence-electron chi connectivity index (χ3n) is 1.87. The first kappa shape index (κ1) is 12.0. The number of likely N-dealkylation sites (N-methyl/N-ethyl adjacent to an activating group) is 1. The van der Waals surface area contributed by atoms with Gasteiger partial charge in [-0.1, -0.05) is 12.1 Å². The molecule has 16 heavy (non-hydrogen) atoms. The number of hydrogen-bond acceptors (Lipinski definition) is 3. The molecule has 0 aliphatic rings. The molecule has 0 heterocycles. The summed E-state index contributed by atoms with van der Waals surface area (Å²) in [6.45, 7) is 2.34. The zero-order valence-corrected chi connectivity index (χ0v) is 9.24. The summed E-state index contributed by atoms with van der Waals surface area (Å²) >= 11 is 0. The fraction of sp³-hybridized carbons (Fsp3) is 0.273. The molecular weight excluding hydrogens is 208 g/mol. The molecule has 0 saturated carbocycles. The second kappa shape index (κ2) is 5.75. The van der Waals surface area contributed by atoms with Crippen molar-refractivity contribution in [2.45, 2.75) is 6.92 Å². The molecule has 5 heteroatoms. The van der Waals surface area contributed by atoms with E-state index in [0.29, 0.717) is 18.0 Å². The Morgan fingerprint density at radius 1 is 1.25 bits per heavy atom. The molecule has 1 aromatic carbocycles. The van der Waals surface area contributed by atoms with Gasteiger partial charge < -0.3 is 15.4 Å². The van der Waals surface area contributed by atoms with E-state index in [0.717, 1.165) is 0 Å². The molecule has 0 radical (unpaired) electrons. The molecule has 0 spiro atoms. The lowest BCUT2D eigenvalue weighted by Gasteiger charge is -2.10. The molecule has 0 fully saturated rings. The average molecular weight is 222 g/mol. The van der Waals surface area contributed by atoms with Crippen LogP contribution in [0.25, 0.3) is 0 Å². The number of para-hydroxylation sites is 2. The minimum Gasteiger partial charge on any atom is -0.492 e. The van der Waals surface area contributed by atoms with Gasteiger partial charge in [-0.2, -0.15) is 0 Å². The largest absolute Gasteiger partial charge is 0.492 e. The number of anilines is 1. The summed E-state index contributed by atoms with van der Waals surface area (Å²) in [5.74, 6) is -0.858. The molecule has 2 amide bonds. The van der Waals surface area contributed by atoms with Crippen LogP contribution in [0.15, 0.2) is 24.3 Å². The highest BCUT2D eigenvalue weighted by Crippen LogP contribution is 2.23. The number of carbonyl (C=O) groups excluding carboxylic acids is 2. The number of hydrogen-bond donors (Lipinski definition) is 2. The van der Waals surface area contributed by atoms with E-state index >= 15 is 0 Å². The maximum atomic E-state index is 11.3. The monoisotopic (exact) mass is 222 g/mol. The van der Waals surface area contributed by atoms with Gasteiger partial charge in [0.05, 0.1) is 12.3 Å². The van der Waals surface area contributed by atoms with Crippen LogP contribution in [0.2, 0.25) is 0 Å². The molecule has 0 aliphatic carbocycles. The first-order valence-electron chi connectivity index (χ1n) is 4.94. The normalized spacial score (nSPS) is 9.38. The van der Waals surface area contributed by atoms with Gasteiger partial charge in [0, 0.05) is 7.05 Å². The van der Waals surface area contributed by atoms with Crippen LogP contribution in [-0.2, 0) is 9.59 Å². The first-order valence-corrected chi connectivity index (χ1v) is 4.94. The molecular formula is C11H14N2O3. The lowest BCUT2D eigenvalue weighted by molar-refractivity contribution is -0.135. The Kier molecular flexibility index (Phi) is 4.32. The summed E-state index contributed by atoms with van der Waals surface area (Å²) in [6, 6.07) is 6.94. The van der Waals surface area contributed by atoms with Crippen LogP contribution >= 0.6 is 0 Å². The van der Waals surface area contributed by atoms with E-state index in [1.807, 2.05) is 6.92 Å². The fourth-order valence-corrected chi connectivity index (χ4v) is 1.14. The summed E-state index contributed by atoms with van der Waals surface area (Å²) in [5, 5.41) is 4.71. The van der Waals surface area contributed by atoms with E-state index in [-0.39, 0.29) is 0 Å². The SMILES string of the molecule is CCOc1ccccc1NC(=O)C(=O)NC. The minimum atomic E-state index is -0.713. The van der Waals surface area contributed by atoms with Gasteiger partial charge in [-0.05, 0) is 19.1 Å². The van der Waals surface area contributed by atoms with Crippen molar-refractivity contribution in [3.8, 4) is 5.75 Å². The Balaban J connectivity index is 2.80. The highest BCUT2D eigenvalue weighted by Gasteiger charge is 2.13. The highest BCUT2D eigenvalue weighted by atomic mass is 16.5. The smallest absolute Gasteiger partial charge is 0.313 e. The van der Waals surface area contributed by atoms with E-state index in [1.165, 1.54) is 7.05 Å². The van der Waals surface area contributed by atoms with Gasteiger partial charge in [0.1, 0.15) is 5.75 Å². The molecule has 0 bridgehead atoms. The summed E-state index contributed by atoms with van der Waals surface area (Å²) in [7, 11) is 1.40. The quantitative estimate of drug-likeness (QED) is 0.742. The molecule has 1 aromatic rings. The van der Waals surface area contributed by atoms with Gasteiger partial charge in [-0.25, -0.2) is 0 Å². The van der Waals surface area contributed by atoms with Crippen LogP contribution in [-0.4, -0.2) is 25.5 Å². The van der Waals surface area contributed by atoms with Gasteiger partial charge in [0.15, 0.2) is 0 Å². The van der Waals surface area contributed by atoms with Gasteiger partial charge >= 0.3 is 11.8 Å². The van der Waals surface area contributed by atoms with Gasteiger partial charge in [-0.15, -0.1) is 0 Å². The second-order valence-corrected chi connectivity index (χ2v) is 2.96. The van der Waals surface area contributed by atoms with Crippen molar-refractivity contribution in [3.63, 3.8) is 0 Å². The maximum absolute atomic E-state index is 11.3. The van der Waals surface area contributed by atoms with Gasteiger partial charge in [-0.3, -0.25) is 9.59 Å². The van der Waals surface area contributed by atoms with E-state index in [2.05, 4.69) is 10.6 Å². The number of carbonyl (C=O) groups is 2. The molecule has 0 aromatic heterocycles. The molecule has 0 unspecified atom stereocenters. The third kappa shape index (κ3) is 2.98. The van der Waals surface area contributed by atoms with E-state index < -0.39 is 11.8 Å². The van der Waals surface area contributed by atoms with Crippen molar-refractivity contribution < 1.29 is 14.3 Å². The van der Waals surface area contributed by atoms with Crippen LogP contribution < -0.4 is 15.4 Å². The molecule has 0 aliphatic heterocycles.